The number of benzene rings is 7. The lowest BCUT2D eigenvalue weighted by Crippen LogP contribution is -2.60. The summed E-state index contributed by atoms with van der Waals surface area (Å²) in [5, 5.41) is 11.0. The van der Waals surface area contributed by atoms with E-state index in [4.69, 9.17) is 0 Å². The van der Waals surface area contributed by atoms with E-state index in [1.807, 2.05) is 45.3 Å². The van der Waals surface area contributed by atoms with Gasteiger partial charge in [-0.3, -0.25) is 0 Å². The summed E-state index contributed by atoms with van der Waals surface area (Å²) in [6, 6.07) is 61.2. The Kier molecular flexibility index (Phi) is 6.92. The van der Waals surface area contributed by atoms with Crippen molar-refractivity contribution in [3.63, 3.8) is 0 Å². The van der Waals surface area contributed by atoms with Crippen molar-refractivity contribution in [2.24, 2.45) is 0 Å². The lowest BCUT2D eigenvalue weighted by atomic mass is 9.36. The van der Waals surface area contributed by atoms with E-state index in [2.05, 4.69) is 184 Å². The fourth-order valence-electron chi connectivity index (χ4n) is 9.58. The fraction of sp³-hybridized carbons (Fsp3) is 0. The van der Waals surface area contributed by atoms with Gasteiger partial charge in [0, 0.05) is 62.2 Å². The van der Waals surface area contributed by atoms with Gasteiger partial charge in [0.2, 0.25) is 0 Å². The van der Waals surface area contributed by atoms with Crippen molar-refractivity contribution >= 4 is 142 Å². The highest BCUT2D eigenvalue weighted by molar-refractivity contribution is 7.35. The Balaban J connectivity index is 1.18. The van der Waals surface area contributed by atoms with Crippen LogP contribution in [-0.2, 0) is 0 Å². The molecule has 2 aliphatic heterocycles. The van der Waals surface area contributed by atoms with Crippen molar-refractivity contribution < 1.29 is 0 Å². The van der Waals surface area contributed by atoms with E-state index in [0.717, 1.165) is 0 Å². The first-order valence-corrected chi connectivity index (χ1v) is 22.6. The molecule has 57 heavy (non-hydrogen) atoms. The highest BCUT2D eigenvalue weighted by Gasteiger charge is 2.47. The number of fused-ring (bicyclic) bond motifs is 10. The molecule has 0 saturated carbocycles. The van der Waals surface area contributed by atoms with Crippen molar-refractivity contribution in [2.45, 2.75) is 0 Å². The average Bonchev–Trinajstić information content (AvgIpc) is 4.09. The lowest BCUT2D eigenvalue weighted by molar-refractivity contribution is 1.29. The summed E-state index contributed by atoms with van der Waals surface area (Å²) in [5.74, 6) is 0. The monoisotopic (exact) mass is 796 g/mol. The van der Waals surface area contributed by atoms with Crippen LogP contribution in [0.2, 0.25) is 0 Å². The molecular formula is C50H29BN2S4. The molecule has 0 aliphatic carbocycles. The van der Waals surface area contributed by atoms with Crippen LogP contribution in [0.15, 0.2) is 175 Å². The summed E-state index contributed by atoms with van der Waals surface area (Å²) in [7, 11) is 0. The molecule has 0 radical (unpaired) electrons. The zero-order valence-electron chi connectivity index (χ0n) is 30.3. The van der Waals surface area contributed by atoms with E-state index >= 15 is 0 Å². The molecule has 2 nitrogen and oxygen atoms in total. The van der Waals surface area contributed by atoms with Crippen LogP contribution in [0.1, 0.15) is 0 Å². The van der Waals surface area contributed by atoms with Crippen molar-refractivity contribution in [1.82, 2.24) is 0 Å². The minimum Gasteiger partial charge on any atom is -0.309 e. The van der Waals surface area contributed by atoms with E-state index in [-0.39, 0.29) is 6.71 Å². The third kappa shape index (κ3) is 4.51. The van der Waals surface area contributed by atoms with Crippen LogP contribution in [-0.4, -0.2) is 6.71 Å². The van der Waals surface area contributed by atoms with Crippen LogP contribution in [0.3, 0.4) is 0 Å². The summed E-state index contributed by atoms with van der Waals surface area (Å²) in [4.78, 5) is 5.24. The Labute approximate surface area is 345 Å². The van der Waals surface area contributed by atoms with Crippen LogP contribution in [0.5, 0.6) is 0 Å². The number of hydrogen-bond acceptors (Lipinski definition) is 6. The smallest absolute Gasteiger partial charge is 0.266 e. The van der Waals surface area contributed by atoms with Crippen LogP contribution >= 0.6 is 45.3 Å². The van der Waals surface area contributed by atoms with E-state index in [1.54, 1.807) is 0 Å². The summed E-state index contributed by atoms with van der Waals surface area (Å²) >= 11 is 7.52. The predicted octanol–water partition coefficient (Wildman–Crippen LogP) is 14.0. The highest BCUT2D eigenvalue weighted by Crippen LogP contribution is 2.54. The second-order valence-corrected chi connectivity index (χ2v) is 18.8. The summed E-state index contributed by atoms with van der Waals surface area (Å²) < 4.78 is 6.64. The second kappa shape index (κ2) is 12.3. The molecule has 4 aromatic heterocycles. The third-order valence-electron chi connectivity index (χ3n) is 11.9. The van der Waals surface area contributed by atoms with E-state index in [9.17, 15) is 0 Å². The molecule has 7 heteroatoms. The molecule has 266 valence electrons. The molecular weight excluding hydrogens is 768 g/mol. The van der Waals surface area contributed by atoms with Crippen LogP contribution in [0, 0.1) is 0 Å². The number of thiophene rings is 4. The van der Waals surface area contributed by atoms with E-state index in [0.29, 0.717) is 0 Å². The minimum absolute atomic E-state index is 0.0670. The Morgan fingerprint density at radius 1 is 0.368 bits per heavy atom. The number of hydrogen-bond donors (Lipinski definition) is 0. The van der Waals surface area contributed by atoms with Gasteiger partial charge < -0.3 is 9.80 Å². The molecule has 0 fully saturated rings. The molecule has 2 aliphatic rings. The quantitative estimate of drug-likeness (QED) is 0.164. The Bertz CT molecular complexity index is 3390. The first-order chi connectivity index (χ1) is 28.3. The molecule has 13 rings (SSSR count). The largest absolute Gasteiger partial charge is 0.309 e. The topological polar surface area (TPSA) is 6.48 Å². The third-order valence-corrected chi connectivity index (χ3v) is 16.0. The number of rotatable bonds is 4. The highest BCUT2D eigenvalue weighted by atomic mass is 32.1. The first-order valence-electron chi connectivity index (χ1n) is 19.2. The standard InChI is InChI=1S/C50H29BN2S4/c1-3-12-30(13-4-1)44-32-26-28-54-40(32)24-22-36(44)52-38-18-11-19-39-47(38)51(49-48(52)35-17-8-10-21-43(35)56-49)46-34-16-7-9-20-42(34)57-50(46)53(39)37-23-25-41-33(27-29-55-41)45(37)31-14-5-2-6-15-31/h1-29H. The van der Waals surface area contributed by atoms with Gasteiger partial charge >= 0.3 is 0 Å². The zero-order valence-corrected chi connectivity index (χ0v) is 33.6. The molecule has 7 aromatic carbocycles. The predicted molar refractivity (Wildman–Crippen MR) is 253 cm³/mol. The number of anilines is 6. The molecule has 6 heterocycles. The Morgan fingerprint density at radius 2 is 0.912 bits per heavy atom. The van der Waals surface area contributed by atoms with Gasteiger partial charge in [-0.2, -0.15) is 0 Å². The van der Waals surface area contributed by atoms with Gasteiger partial charge in [0.05, 0.1) is 22.1 Å². The average molecular weight is 797 g/mol. The van der Waals surface area contributed by atoms with Gasteiger partial charge in [-0.25, -0.2) is 0 Å². The van der Waals surface area contributed by atoms with Crippen molar-refractivity contribution in [2.75, 3.05) is 9.80 Å². The lowest BCUT2D eigenvalue weighted by Gasteiger charge is -2.42. The second-order valence-electron chi connectivity index (χ2n) is 14.8. The fourth-order valence-corrected chi connectivity index (χ4v) is 13.7. The maximum absolute atomic E-state index is 2.63. The van der Waals surface area contributed by atoms with E-state index < -0.39 is 0 Å². The maximum atomic E-state index is 2.63. The molecule has 0 amide bonds. The van der Waals surface area contributed by atoms with Gasteiger partial charge in [0.25, 0.3) is 6.71 Å². The van der Waals surface area contributed by atoms with Gasteiger partial charge in [-0.1, -0.05) is 103 Å². The SMILES string of the molecule is c1ccc(-c2c(N3c4cccc5c4B(c4sc6ccccc6c4N5c4ccc5sccc5c4-c4ccccc4)c4c3sc3ccccc43)ccc3sccc23)cc1. The zero-order chi connectivity index (χ0) is 37.2. The van der Waals surface area contributed by atoms with Crippen LogP contribution < -0.4 is 25.5 Å². The van der Waals surface area contributed by atoms with Gasteiger partial charge in [-0.15, -0.1) is 45.3 Å². The molecule has 0 atom stereocenters. The normalized spacial score (nSPS) is 13.2. The van der Waals surface area contributed by atoms with Crippen molar-refractivity contribution in [3.05, 3.63) is 175 Å². The summed E-state index contributed by atoms with van der Waals surface area (Å²) in [6.45, 7) is 0.0670. The Hall–Kier alpha value is -5.96. The number of nitrogens with zero attached hydrogens (tertiary/aromatic N) is 2. The van der Waals surface area contributed by atoms with Gasteiger partial charge in [0.15, 0.2) is 0 Å². The van der Waals surface area contributed by atoms with Crippen LogP contribution in [0.25, 0.3) is 62.6 Å². The van der Waals surface area contributed by atoms with Crippen LogP contribution in [0.4, 0.5) is 33.4 Å². The molecule has 0 bridgehead atoms. The summed E-state index contributed by atoms with van der Waals surface area (Å²) in [5.41, 5.74) is 14.0. The molecule has 0 N–H and O–H groups in total. The van der Waals surface area contributed by atoms with Crippen molar-refractivity contribution in [1.29, 1.82) is 0 Å². The van der Waals surface area contributed by atoms with E-state index in [1.165, 1.54) is 112 Å². The van der Waals surface area contributed by atoms with Gasteiger partial charge in [0.1, 0.15) is 0 Å². The molecule has 0 unspecified atom stereocenters. The first kappa shape index (κ1) is 32.2. The van der Waals surface area contributed by atoms with Crippen molar-refractivity contribution in [3.8, 4) is 22.3 Å². The summed E-state index contributed by atoms with van der Waals surface area (Å²) in [6.07, 6.45) is 0. The Morgan fingerprint density at radius 3 is 1.56 bits per heavy atom. The molecule has 11 aromatic rings. The molecule has 0 spiro atoms. The van der Waals surface area contributed by atoms with Gasteiger partial charge in [-0.05, 0) is 98.9 Å². The molecule has 0 saturated heterocycles. The maximum Gasteiger partial charge on any atom is 0.266 e. The minimum atomic E-state index is 0.0670.